The minimum atomic E-state index is -0.536. The third-order valence-corrected chi connectivity index (χ3v) is 4.31. The molecule has 1 N–H and O–H groups in total. The Balaban J connectivity index is 2.18. The normalized spacial score (nSPS) is 26.6. The van der Waals surface area contributed by atoms with Crippen molar-refractivity contribution >= 4 is 5.97 Å². The van der Waals surface area contributed by atoms with Crippen molar-refractivity contribution in [2.45, 2.75) is 51.6 Å². The number of esters is 1. The number of carbonyl (C=O) groups is 1. The van der Waals surface area contributed by atoms with Gasteiger partial charge in [0.05, 0.1) is 18.6 Å². The Kier molecular flexibility index (Phi) is 3.94. The number of nitrogens with one attached hydrogen (secondary N) is 1. The highest BCUT2D eigenvalue weighted by atomic mass is 16.5. The van der Waals surface area contributed by atoms with E-state index in [0.29, 0.717) is 12.6 Å². The highest BCUT2D eigenvalue weighted by molar-refractivity contribution is 5.81. The first-order chi connectivity index (χ1) is 9.04. The average molecular weight is 265 g/mol. The molecule has 1 aliphatic carbocycles. The fourth-order valence-electron chi connectivity index (χ4n) is 2.92. The van der Waals surface area contributed by atoms with Gasteiger partial charge in [-0.25, -0.2) is 4.98 Å². The third-order valence-electron chi connectivity index (χ3n) is 4.31. The Morgan fingerprint density at radius 1 is 1.63 bits per heavy atom. The molecule has 1 saturated carbocycles. The number of ether oxygens (including phenoxy) is 1. The first-order valence-corrected chi connectivity index (χ1v) is 6.90. The lowest BCUT2D eigenvalue weighted by molar-refractivity contribution is -0.150. The van der Waals surface area contributed by atoms with Gasteiger partial charge in [0.1, 0.15) is 5.54 Å². The predicted octanol–water partition coefficient (Wildman–Crippen LogP) is 1.75. The summed E-state index contributed by atoms with van der Waals surface area (Å²) in [5.74, 6) is -0.130. The molecule has 0 radical (unpaired) electrons. The van der Waals surface area contributed by atoms with Crippen LogP contribution in [0.5, 0.6) is 0 Å². The quantitative estimate of drug-likeness (QED) is 0.843. The molecular weight excluding hydrogens is 242 g/mol. The number of rotatable bonds is 4. The van der Waals surface area contributed by atoms with Gasteiger partial charge in [-0.05, 0) is 47.1 Å². The summed E-state index contributed by atoms with van der Waals surface area (Å²) in [7, 11) is 1.84. The molecule has 5 nitrogen and oxygen atoms in total. The van der Waals surface area contributed by atoms with Gasteiger partial charge in [0.2, 0.25) is 0 Å². The van der Waals surface area contributed by atoms with E-state index in [1.165, 1.54) is 5.69 Å². The van der Waals surface area contributed by atoms with E-state index in [1.54, 1.807) is 0 Å². The van der Waals surface area contributed by atoms with E-state index in [9.17, 15) is 4.79 Å². The van der Waals surface area contributed by atoms with E-state index in [0.717, 1.165) is 25.0 Å². The number of hydrogen-bond donors (Lipinski definition) is 1. The lowest BCUT2D eigenvalue weighted by Crippen LogP contribution is -2.49. The highest BCUT2D eigenvalue weighted by Gasteiger charge is 2.46. The van der Waals surface area contributed by atoms with Crippen LogP contribution in [0, 0.1) is 13.8 Å². The average Bonchev–Trinajstić information content (AvgIpc) is 2.96. The van der Waals surface area contributed by atoms with Gasteiger partial charge in [-0.15, -0.1) is 0 Å². The minimum absolute atomic E-state index is 0.130. The van der Waals surface area contributed by atoms with E-state index >= 15 is 0 Å². The molecule has 5 heteroatoms. The second kappa shape index (κ2) is 5.33. The summed E-state index contributed by atoms with van der Waals surface area (Å²) in [6, 6.07) is 0.318. The molecule has 2 rings (SSSR count). The zero-order valence-corrected chi connectivity index (χ0v) is 12.2. The largest absolute Gasteiger partial charge is 0.465 e. The summed E-state index contributed by atoms with van der Waals surface area (Å²) in [5.41, 5.74) is 1.70. The van der Waals surface area contributed by atoms with Crippen molar-refractivity contribution < 1.29 is 9.53 Å². The van der Waals surface area contributed by atoms with Crippen molar-refractivity contribution in [2.75, 3.05) is 13.7 Å². The maximum Gasteiger partial charge on any atom is 0.326 e. The first-order valence-electron chi connectivity index (χ1n) is 6.90. The molecule has 1 fully saturated rings. The molecular formula is C14H23N3O2. The fraction of sp³-hybridized carbons (Fsp3) is 0.714. The van der Waals surface area contributed by atoms with Crippen molar-refractivity contribution in [3.8, 4) is 0 Å². The molecule has 106 valence electrons. The molecule has 1 aromatic heterocycles. The number of likely N-dealkylation sites (N-methyl/N-ethyl adjacent to an activating group) is 1. The van der Waals surface area contributed by atoms with Gasteiger partial charge in [0, 0.05) is 11.7 Å². The molecule has 19 heavy (non-hydrogen) atoms. The van der Waals surface area contributed by atoms with Crippen molar-refractivity contribution in [3.63, 3.8) is 0 Å². The molecule has 1 aromatic rings. The van der Waals surface area contributed by atoms with Crippen molar-refractivity contribution in [1.82, 2.24) is 14.9 Å². The number of nitrogens with zero attached hydrogens (tertiary/aromatic N) is 2. The molecule has 2 unspecified atom stereocenters. The zero-order valence-electron chi connectivity index (χ0n) is 12.2. The Hall–Kier alpha value is -1.36. The van der Waals surface area contributed by atoms with Crippen LogP contribution >= 0.6 is 0 Å². The monoisotopic (exact) mass is 265 g/mol. The predicted molar refractivity (Wildman–Crippen MR) is 73.0 cm³/mol. The maximum atomic E-state index is 12.2. The minimum Gasteiger partial charge on any atom is -0.465 e. The van der Waals surface area contributed by atoms with Crippen molar-refractivity contribution in [1.29, 1.82) is 0 Å². The summed E-state index contributed by atoms with van der Waals surface area (Å²) in [4.78, 5) is 16.5. The molecule has 0 bridgehead atoms. The molecule has 0 amide bonds. The smallest absolute Gasteiger partial charge is 0.326 e. The molecule has 0 saturated heterocycles. The summed E-state index contributed by atoms with van der Waals surface area (Å²) in [6.45, 7) is 6.36. The first kappa shape index (κ1) is 14.1. The van der Waals surface area contributed by atoms with Gasteiger partial charge in [0.25, 0.3) is 0 Å². The second-order valence-electron chi connectivity index (χ2n) is 5.27. The number of hydrogen-bond acceptors (Lipinski definition) is 4. The molecule has 0 aromatic carbocycles. The van der Waals surface area contributed by atoms with Crippen LogP contribution in [0.4, 0.5) is 0 Å². The van der Waals surface area contributed by atoms with Crippen LogP contribution in [0.3, 0.4) is 0 Å². The fourth-order valence-corrected chi connectivity index (χ4v) is 2.92. The summed E-state index contributed by atoms with van der Waals surface area (Å²) in [6.07, 6.45) is 4.42. The highest BCUT2D eigenvalue weighted by Crippen LogP contribution is 2.39. The van der Waals surface area contributed by atoms with Crippen LogP contribution < -0.4 is 5.32 Å². The van der Waals surface area contributed by atoms with E-state index in [1.807, 2.05) is 27.2 Å². The van der Waals surface area contributed by atoms with E-state index in [-0.39, 0.29) is 5.97 Å². The molecule has 2 atom stereocenters. The Labute approximate surface area is 114 Å². The van der Waals surface area contributed by atoms with Crippen LogP contribution in [-0.4, -0.2) is 34.7 Å². The van der Waals surface area contributed by atoms with Gasteiger partial charge in [-0.1, -0.05) is 0 Å². The molecule has 1 aliphatic rings. The summed E-state index contributed by atoms with van der Waals surface area (Å²) < 4.78 is 7.40. The second-order valence-corrected chi connectivity index (χ2v) is 5.27. The van der Waals surface area contributed by atoms with Crippen LogP contribution in [0.25, 0.3) is 0 Å². The van der Waals surface area contributed by atoms with Gasteiger partial charge in [0.15, 0.2) is 0 Å². The Morgan fingerprint density at radius 2 is 2.37 bits per heavy atom. The SMILES string of the molecule is CCOC(=O)C1(NC)CCC(n2cnc(C)c2C)C1. The van der Waals surface area contributed by atoms with E-state index in [4.69, 9.17) is 4.74 Å². The zero-order chi connectivity index (χ0) is 14.0. The Morgan fingerprint density at radius 3 is 2.89 bits per heavy atom. The number of aromatic nitrogens is 2. The van der Waals surface area contributed by atoms with Crippen LogP contribution in [0.2, 0.25) is 0 Å². The molecule has 0 aliphatic heterocycles. The molecule has 0 spiro atoms. The lowest BCUT2D eigenvalue weighted by atomic mass is 9.97. The van der Waals surface area contributed by atoms with Crippen LogP contribution in [0.1, 0.15) is 43.6 Å². The number of carbonyl (C=O) groups excluding carboxylic acids is 1. The third kappa shape index (κ3) is 2.39. The Bertz CT molecular complexity index is 469. The lowest BCUT2D eigenvalue weighted by Gasteiger charge is -2.26. The molecule has 1 heterocycles. The summed E-state index contributed by atoms with van der Waals surface area (Å²) >= 11 is 0. The standard InChI is InChI=1S/C14H23N3O2/c1-5-19-13(18)14(15-4)7-6-12(8-14)17-9-16-10(2)11(17)3/h9,12,15H,5-8H2,1-4H3. The number of aryl methyl sites for hydroxylation is 1. The van der Waals surface area contributed by atoms with E-state index in [2.05, 4.69) is 21.8 Å². The van der Waals surface area contributed by atoms with Gasteiger partial charge in [-0.3, -0.25) is 4.79 Å². The maximum absolute atomic E-state index is 12.2. The van der Waals surface area contributed by atoms with Crippen LogP contribution in [-0.2, 0) is 9.53 Å². The topological polar surface area (TPSA) is 56.1 Å². The van der Waals surface area contributed by atoms with Crippen molar-refractivity contribution in [2.24, 2.45) is 0 Å². The van der Waals surface area contributed by atoms with Crippen molar-refractivity contribution in [3.05, 3.63) is 17.7 Å². The summed E-state index contributed by atoms with van der Waals surface area (Å²) in [5, 5.41) is 3.18. The van der Waals surface area contributed by atoms with Gasteiger partial charge < -0.3 is 14.6 Å². The van der Waals surface area contributed by atoms with Gasteiger partial charge >= 0.3 is 5.97 Å². The number of imidazole rings is 1. The van der Waals surface area contributed by atoms with E-state index < -0.39 is 5.54 Å². The van der Waals surface area contributed by atoms with Crippen LogP contribution in [0.15, 0.2) is 6.33 Å². The van der Waals surface area contributed by atoms with Gasteiger partial charge in [-0.2, -0.15) is 0 Å².